The van der Waals surface area contributed by atoms with Gasteiger partial charge in [-0.05, 0) is 30.2 Å². The number of esters is 1. The highest BCUT2D eigenvalue weighted by molar-refractivity contribution is 8.26. The van der Waals surface area contributed by atoms with Gasteiger partial charge in [0.05, 0.1) is 17.6 Å². The number of carbonyl (C=O) groups is 3. The molecule has 1 atom stereocenters. The quantitative estimate of drug-likeness (QED) is 0.488. The Morgan fingerprint density at radius 2 is 2.00 bits per heavy atom. The second-order valence-corrected chi connectivity index (χ2v) is 6.60. The average molecular weight is 365 g/mol. The summed E-state index contributed by atoms with van der Waals surface area (Å²) in [7, 11) is 1.30. The van der Waals surface area contributed by atoms with Crippen LogP contribution >= 0.6 is 24.0 Å². The van der Waals surface area contributed by atoms with Crippen molar-refractivity contribution >= 4 is 52.2 Å². The van der Waals surface area contributed by atoms with Crippen LogP contribution in [0, 0.1) is 0 Å². The number of hydrogen-bond acceptors (Lipinski definition) is 6. The zero-order chi connectivity index (χ0) is 17.9. The van der Waals surface area contributed by atoms with Crippen LogP contribution in [0.4, 0.5) is 0 Å². The predicted octanol–water partition coefficient (Wildman–Crippen LogP) is 2.54. The standard InChI is InChI=1S/C16H15NO5S2/c1-3-11(14(19)20)17-13(18)12(24-16(17)23)8-9-4-6-10(7-5-9)15(21)22-2/h4-8,11H,3H2,1-2H3,(H,19,20)/b12-8+/t11-/m0/s1. The van der Waals surface area contributed by atoms with Gasteiger partial charge in [-0.3, -0.25) is 9.69 Å². The fourth-order valence-corrected chi connectivity index (χ4v) is 3.56. The van der Waals surface area contributed by atoms with E-state index in [9.17, 15) is 19.5 Å². The normalized spacial score (nSPS) is 17.2. The zero-order valence-electron chi connectivity index (χ0n) is 13.0. The third-order valence-electron chi connectivity index (χ3n) is 3.44. The Kier molecular flexibility index (Phi) is 5.74. The molecular formula is C16H15NO5S2. The first-order chi connectivity index (χ1) is 11.4. The van der Waals surface area contributed by atoms with E-state index < -0.39 is 23.9 Å². The van der Waals surface area contributed by atoms with Crippen molar-refractivity contribution in [2.45, 2.75) is 19.4 Å². The highest BCUT2D eigenvalue weighted by atomic mass is 32.2. The number of thiocarbonyl (C=S) groups is 1. The number of carboxylic acid groups (broad SMARTS) is 1. The summed E-state index contributed by atoms with van der Waals surface area (Å²) in [6, 6.07) is 5.56. The Bertz CT molecular complexity index is 726. The number of aliphatic carboxylic acids is 1. The van der Waals surface area contributed by atoms with Gasteiger partial charge in [-0.2, -0.15) is 0 Å². The van der Waals surface area contributed by atoms with Crippen LogP contribution in [-0.4, -0.2) is 45.3 Å². The van der Waals surface area contributed by atoms with Gasteiger partial charge in [-0.15, -0.1) is 0 Å². The van der Waals surface area contributed by atoms with E-state index in [-0.39, 0.29) is 10.7 Å². The minimum atomic E-state index is -1.09. The van der Waals surface area contributed by atoms with Crippen molar-refractivity contribution in [2.24, 2.45) is 0 Å². The summed E-state index contributed by atoms with van der Waals surface area (Å²) in [5.41, 5.74) is 1.10. The molecule has 1 aromatic rings. The third kappa shape index (κ3) is 3.65. The lowest BCUT2D eigenvalue weighted by Crippen LogP contribution is -2.43. The maximum atomic E-state index is 12.5. The molecule has 24 heavy (non-hydrogen) atoms. The van der Waals surface area contributed by atoms with Gasteiger partial charge in [-0.25, -0.2) is 9.59 Å². The van der Waals surface area contributed by atoms with Crippen molar-refractivity contribution in [1.82, 2.24) is 4.90 Å². The van der Waals surface area contributed by atoms with Crippen molar-refractivity contribution in [2.75, 3.05) is 7.11 Å². The monoisotopic (exact) mass is 365 g/mol. The Labute approximate surface area is 148 Å². The smallest absolute Gasteiger partial charge is 0.337 e. The molecule has 1 fully saturated rings. The summed E-state index contributed by atoms with van der Waals surface area (Å²) in [4.78, 5) is 36.6. The molecule has 1 amide bonds. The summed E-state index contributed by atoms with van der Waals surface area (Å²) in [6.07, 6.45) is 1.89. The van der Waals surface area contributed by atoms with Gasteiger partial charge < -0.3 is 9.84 Å². The van der Waals surface area contributed by atoms with Crippen LogP contribution in [0.5, 0.6) is 0 Å². The highest BCUT2D eigenvalue weighted by Gasteiger charge is 2.39. The Balaban J connectivity index is 2.25. The van der Waals surface area contributed by atoms with Gasteiger partial charge in [0.1, 0.15) is 10.4 Å². The molecule has 1 aliphatic heterocycles. The highest BCUT2D eigenvalue weighted by Crippen LogP contribution is 2.34. The van der Waals surface area contributed by atoms with Gasteiger partial charge in [0, 0.05) is 0 Å². The molecular weight excluding hydrogens is 350 g/mol. The summed E-state index contributed by atoms with van der Waals surface area (Å²) in [5.74, 6) is -1.95. The maximum absolute atomic E-state index is 12.5. The Morgan fingerprint density at radius 3 is 2.50 bits per heavy atom. The predicted molar refractivity (Wildman–Crippen MR) is 94.5 cm³/mol. The van der Waals surface area contributed by atoms with Crippen LogP contribution in [0.1, 0.15) is 29.3 Å². The topological polar surface area (TPSA) is 83.9 Å². The van der Waals surface area contributed by atoms with E-state index in [2.05, 4.69) is 4.74 Å². The number of benzene rings is 1. The lowest BCUT2D eigenvalue weighted by Gasteiger charge is -2.21. The minimum Gasteiger partial charge on any atom is -0.480 e. The molecule has 1 aromatic carbocycles. The van der Waals surface area contributed by atoms with Crippen LogP contribution in [0.15, 0.2) is 29.2 Å². The van der Waals surface area contributed by atoms with Crippen LogP contribution < -0.4 is 0 Å². The molecule has 2 rings (SSSR count). The molecule has 0 radical (unpaired) electrons. The van der Waals surface area contributed by atoms with E-state index in [1.165, 1.54) is 7.11 Å². The average Bonchev–Trinajstić information content (AvgIpc) is 2.83. The second-order valence-electron chi connectivity index (χ2n) is 4.93. The van der Waals surface area contributed by atoms with Gasteiger partial charge in [0.2, 0.25) is 0 Å². The molecule has 6 nitrogen and oxygen atoms in total. The number of amides is 1. The van der Waals surface area contributed by atoms with Crippen LogP contribution in [0.2, 0.25) is 0 Å². The fraction of sp³-hybridized carbons (Fsp3) is 0.250. The number of ether oxygens (including phenoxy) is 1. The van der Waals surface area contributed by atoms with Crippen molar-refractivity contribution in [1.29, 1.82) is 0 Å². The molecule has 1 N–H and O–H groups in total. The molecule has 0 spiro atoms. The van der Waals surface area contributed by atoms with Crippen molar-refractivity contribution in [3.8, 4) is 0 Å². The summed E-state index contributed by atoms with van der Waals surface area (Å²) in [6.45, 7) is 1.69. The van der Waals surface area contributed by atoms with Crippen molar-refractivity contribution in [3.63, 3.8) is 0 Å². The second kappa shape index (κ2) is 7.59. The maximum Gasteiger partial charge on any atom is 0.337 e. The van der Waals surface area contributed by atoms with Gasteiger partial charge >= 0.3 is 11.9 Å². The first-order valence-corrected chi connectivity index (χ1v) is 8.29. The Hall–Kier alpha value is -2.19. The molecule has 0 saturated carbocycles. The largest absolute Gasteiger partial charge is 0.480 e. The molecule has 1 saturated heterocycles. The summed E-state index contributed by atoms with van der Waals surface area (Å²) in [5, 5.41) is 9.23. The SMILES string of the molecule is CC[C@@H](C(=O)O)N1C(=O)/C(=C\c2ccc(C(=O)OC)cc2)SC1=S. The minimum absolute atomic E-state index is 0.228. The third-order valence-corrected chi connectivity index (χ3v) is 4.77. The molecule has 0 bridgehead atoms. The van der Waals surface area contributed by atoms with Crippen molar-refractivity contribution < 1.29 is 24.2 Å². The fourth-order valence-electron chi connectivity index (χ4n) is 2.20. The zero-order valence-corrected chi connectivity index (χ0v) is 14.6. The first-order valence-electron chi connectivity index (χ1n) is 7.07. The number of thioether (sulfide) groups is 1. The first kappa shape index (κ1) is 18.2. The van der Waals surface area contributed by atoms with Gasteiger partial charge in [0.15, 0.2) is 0 Å². The summed E-state index contributed by atoms with van der Waals surface area (Å²) < 4.78 is 4.85. The van der Waals surface area contributed by atoms with E-state index in [1.807, 2.05) is 0 Å². The summed E-state index contributed by atoms with van der Waals surface area (Å²) >= 11 is 6.21. The van der Waals surface area contributed by atoms with Gasteiger partial charge in [-0.1, -0.05) is 43.0 Å². The van der Waals surface area contributed by atoms with E-state index in [1.54, 1.807) is 37.3 Å². The molecule has 8 heteroatoms. The lowest BCUT2D eigenvalue weighted by molar-refractivity contribution is -0.145. The molecule has 0 aromatic heterocycles. The van der Waals surface area contributed by atoms with E-state index in [0.717, 1.165) is 16.7 Å². The number of methoxy groups -OCH3 is 1. The number of carboxylic acids is 1. The van der Waals surface area contributed by atoms with Crippen LogP contribution in [-0.2, 0) is 14.3 Å². The molecule has 0 unspecified atom stereocenters. The van der Waals surface area contributed by atoms with Crippen molar-refractivity contribution in [3.05, 3.63) is 40.3 Å². The molecule has 1 heterocycles. The number of carbonyl (C=O) groups excluding carboxylic acids is 2. The van der Waals surface area contributed by atoms with E-state index in [0.29, 0.717) is 16.0 Å². The molecule has 126 valence electrons. The van der Waals surface area contributed by atoms with E-state index >= 15 is 0 Å². The number of nitrogens with zero attached hydrogens (tertiary/aromatic N) is 1. The van der Waals surface area contributed by atoms with Crippen LogP contribution in [0.25, 0.3) is 6.08 Å². The van der Waals surface area contributed by atoms with Gasteiger partial charge in [0.25, 0.3) is 5.91 Å². The molecule has 0 aliphatic carbocycles. The number of hydrogen-bond donors (Lipinski definition) is 1. The van der Waals surface area contributed by atoms with E-state index in [4.69, 9.17) is 12.2 Å². The lowest BCUT2D eigenvalue weighted by atomic mass is 10.1. The van der Waals surface area contributed by atoms with Crippen LogP contribution in [0.3, 0.4) is 0 Å². The number of rotatable bonds is 5. The molecule has 1 aliphatic rings. The Morgan fingerprint density at radius 1 is 1.38 bits per heavy atom.